The number of carbonyl (C=O) groups excluding carboxylic acids is 2. The van der Waals surface area contributed by atoms with E-state index >= 15 is 0 Å². The smallest absolute Gasteiger partial charge is 0.744 e. The molecule has 0 aromatic heterocycles. The van der Waals surface area contributed by atoms with Crippen molar-refractivity contribution in [2.45, 2.75) is 4.90 Å². The third-order valence-electron chi connectivity index (χ3n) is 6.34. The van der Waals surface area contributed by atoms with Gasteiger partial charge in [0.15, 0.2) is 5.78 Å². The molecule has 2 aliphatic rings. The van der Waals surface area contributed by atoms with Crippen molar-refractivity contribution < 1.29 is 94.6 Å². The number of rotatable bonds is 8. The van der Waals surface area contributed by atoms with E-state index < -0.39 is 64.0 Å². The van der Waals surface area contributed by atoms with Crippen molar-refractivity contribution in [2.75, 3.05) is 16.6 Å². The van der Waals surface area contributed by atoms with Crippen molar-refractivity contribution in [1.29, 1.82) is 0 Å². The van der Waals surface area contributed by atoms with E-state index in [1.807, 2.05) is 0 Å². The van der Waals surface area contributed by atoms with E-state index in [0.29, 0.717) is 29.2 Å². The third kappa shape index (κ3) is 8.80. The number of nitrogens with zero attached hydrogens (tertiary/aromatic N) is 4. The number of allylic oxidation sites excluding steroid dienone is 4. The fraction of sp³-hybridized carbons (Fsp3) is 0. The van der Waals surface area contributed by atoms with Gasteiger partial charge in [-0.3, -0.25) is 20.4 Å². The number of Topliss-reactive ketones (excluding diaryl/α,β-unsaturated/α-hetero) is 1. The Hall–Kier alpha value is -3.82. The predicted molar refractivity (Wildman–Crippen MR) is 166 cm³/mol. The molecule has 0 saturated carbocycles. The van der Waals surface area contributed by atoms with Crippen molar-refractivity contribution in [2.24, 2.45) is 26.2 Å². The van der Waals surface area contributed by atoms with Crippen LogP contribution in [0.3, 0.4) is 0 Å². The van der Waals surface area contributed by atoms with Crippen LogP contribution in [0, 0.1) is 0 Å². The Bertz CT molecular complexity index is 2200. The molecule has 0 amide bonds. The molecule has 0 heterocycles. The van der Waals surface area contributed by atoms with E-state index in [-0.39, 0.29) is 76.3 Å². The fourth-order valence-corrected chi connectivity index (χ4v) is 5.49. The Morgan fingerprint density at radius 2 is 1.35 bits per heavy atom. The fourth-order valence-electron chi connectivity index (χ4n) is 4.19. The van der Waals surface area contributed by atoms with Crippen LogP contribution in [0.1, 0.15) is 15.9 Å². The molecule has 0 saturated heterocycles. The van der Waals surface area contributed by atoms with Crippen LogP contribution in [-0.2, 0) is 25.0 Å². The summed E-state index contributed by atoms with van der Waals surface area (Å²) in [5.74, 6) is -1.42. The molecule has 0 atom stereocenters. The first-order valence-corrected chi connectivity index (χ1v) is 15.6. The van der Waals surface area contributed by atoms with E-state index in [0.717, 1.165) is 0 Å². The Morgan fingerprint density at radius 3 is 1.96 bits per heavy atom. The molecule has 0 unspecified atom stereocenters. The van der Waals surface area contributed by atoms with Gasteiger partial charge in [0.25, 0.3) is 0 Å². The number of ketones is 2. The molecule has 234 valence electrons. The van der Waals surface area contributed by atoms with E-state index in [1.165, 1.54) is 42.5 Å². The molecule has 0 bridgehead atoms. The zero-order chi connectivity index (χ0) is 33.2. The van der Waals surface area contributed by atoms with Crippen LogP contribution in [-0.4, -0.2) is 48.9 Å². The standard InChI is InChI=1S/C28H22N8O8S2.2Na/c29-20-14-19(37)10-11-21(20)34-31-17-6-8-18(9-7-17)33-35-26-22(45(39,40)41)12-15-13-23(46(42,43)44)27(28(38)24(15)25(26)30)36-32-16-4-2-1-3-5-16;;/h1-14,31-32H,29-30H2,(H,39,40,41)(H,42,43,44);;/q;2*+1/p-2. The number of azo groups is 1. The van der Waals surface area contributed by atoms with Crippen molar-refractivity contribution in [3.8, 4) is 0 Å². The molecule has 5 rings (SSSR count). The van der Waals surface area contributed by atoms with Gasteiger partial charge in [-0.1, -0.05) is 18.2 Å². The minimum atomic E-state index is -5.32. The first-order chi connectivity index (χ1) is 21.7. The summed E-state index contributed by atoms with van der Waals surface area (Å²) < 4.78 is 72.7. The van der Waals surface area contributed by atoms with Gasteiger partial charge >= 0.3 is 59.1 Å². The molecule has 48 heavy (non-hydrogen) atoms. The first-order valence-electron chi connectivity index (χ1n) is 12.8. The third-order valence-corrected chi connectivity index (χ3v) is 8.04. The van der Waals surface area contributed by atoms with Crippen LogP contribution in [0.5, 0.6) is 0 Å². The number of fused-ring (bicyclic) bond motifs is 1. The van der Waals surface area contributed by atoms with Crippen molar-refractivity contribution >= 4 is 77.7 Å². The maximum absolute atomic E-state index is 13.5. The largest absolute Gasteiger partial charge is 1.00 e. The van der Waals surface area contributed by atoms with E-state index in [9.17, 15) is 35.5 Å². The molecule has 2 aliphatic carbocycles. The molecular weight excluding hydrogens is 686 g/mol. The molecule has 6 N–H and O–H groups in total. The predicted octanol–water partition coefficient (Wildman–Crippen LogP) is -3.10. The monoisotopic (exact) mass is 706 g/mol. The van der Waals surface area contributed by atoms with Crippen LogP contribution < -0.4 is 81.4 Å². The molecule has 3 aromatic rings. The van der Waals surface area contributed by atoms with Gasteiger partial charge in [-0.25, -0.2) is 16.8 Å². The molecular formula is C28H20N8Na2O8S2. The van der Waals surface area contributed by atoms with Gasteiger partial charge in [0.05, 0.1) is 43.8 Å². The second kappa shape index (κ2) is 15.6. The van der Waals surface area contributed by atoms with E-state index in [4.69, 9.17) is 11.5 Å². The van der Waals surface area contributed by atoms with Crippen molar-refractivity contribution in [3.63, 3.8) is 0 Å². The Balaban J connectivity index is 0.00000312. The summed E-state index contributed by atoms with van der Waals surface area (Å²) in [5, 5.41) is 15.7. The summed E-state index contributed by atoms with van der Waals surface area (Å²) in [6.45, 7) is 0. The number of nitrogens with one attached hydrogen (secondary N) is 2. The zero-order valence-electron chi connectivity index (χ0n) is 25.1. The number of anilines is 3. The summed E-state index contributed by atoms with van der Waals surface area (Å²) in [7, 11) is -10.6. The number of para-hydroxylation sites is 1. The SMILES string of the molecule is NC1=CC(=O)C=CC1=NNc1ccc(N=Nc2c(S(=O)(=O)[O-])cc3c(c2N)C(=O)C(=NNc2ccccc2)C(S(=O)(=O)[O-])=C3)cc1.[Na+].[Na+]. The van der Waals surface area contributed by atoms with Crippen LogP contribution in [0.4, 0.5) is 28.4 Å². The molecule has 0 fully saturated rings. The summed E-state index contributed by atoms with van der Waals surface area (Å²) in [4.78, 5) is 22.8. The van der Waals surface area contributed by atoms with E-state index in [1.54, 1.807) is 30.3 Å². The van der Waals surface area contributed by atoms with Crippen molar-refractivity contribution in [3.05, 3.63) is 101 Å². The second-order valence-electron chi connectivity index (χ2n) is 9.48. The summed E-state index contributed by atoms with van der Waals surface area (Å²) >= 11 is 0. The number of carbonyl (C=O) groups is 2. The average molecular weight is 707 g/mol. The van der Waals surface area contributed by atoms with Crippen LogP contribution in [0.2, 0.25) is 0 Å². The minimum absolute atomic E-state index is 0. The summed E-state index contributed by atoms with van der Waals surface area (Å²) in [6.07, 6.45) is 4.66. The number of nitrogen functional groups attached to an aromatic ring is 1. The number of hydrazone groups is 2. The Labute approximate surface area is 317 Å². The molecule has 20 heteroatoms. The normalized spacial score (nSPS) is 16.1. The number of benzene rings is 3. The van der Waals surface area contributed by atoms with Gasteiger partial charge in [-0.15, -0.1) is 5.11 Å². The number of hydrogen-bond acceptors (Lipinski definition) is 16. The summed E-state index contributed by atoms with van der Waals surface area (Å²) in [6, 6.07) is 14.7. The molecule has 0 spiro atoms. The average Bonchev–Trinajstić information content (AvgIpc) is 2.99. The number of hydrogen-bond donors (Lipinski definition) is 4. The maximum Gasteiger partial charge on any atom is 1.00 e. The summed E-state index contributed by atoms with van der Waals surface area (Å²) in [5.41, 5.74) is 15.6. The molecule has 0 radical (unpaired) electrons. The Kier molecular flexibility index (Phi) is 12.6. The van der Waals surface area contributed by atoms with Crippen LogP contribution >= 0.6 is 0 Å². The first kappa shape index (κ1) is 38.6. The quantitative estimate of drug-likeness (QED) is 0.0453. The zero-order valence-corrected chi connectivity index (χ0v) is 30.7. The Morgan fingerprint density at radius 1 is 0.729 bits per heavy atom. The second-order valence-corrected chi connectivity index (χ2v) is 12.2. The van der Waals surface area contributed by atoms with Gasteiger partial charge in [0, 0.05) is 6.08 Å². The van der Waals surface area contributed by atoms with Crippen LogP contribution in [0.25, 0.3) is 6.08 Å². The van der Waals surface area contributed by atoms with Gasteiger partial charge in [0.2, 0.25) is 5.78 Å². The van der Waals surface area contributed by atoms with E-state index in [2.05, 4.69) is 31.3 Å². The van der Waals surface area contributed by atoms with Gasteiger partial charge in [-0.2, -0.15) is 15.3 Å². The molecule has 0 aliphatic heterocycles. The van der Waals surface area contributed by atoms with Crippen molar-refractivity contribution in [1.82, 2.24) is 0 Å². The minimum Gasteiger partial charge on any atom is -0.744 e. The number of nitrogens with two attached hydrogens (primary N) is 2. The van der Waals surface area contributed by atoms with Gasteiger partial charge in [0.1, 0.15) is 37.3 Å². The van der Waals surface area contributed by atoms with Gasteiger partial charge < -0.3 is 20.6 Å². The van der Waals surface area contributed by atoms with Gasteiger partial charge in [-0.05, 0) is 66.3 Å². The van der Waals surface area contributed by atoms with Crippen LogP contribution in [0.15, 0.2) is 115 Å². The molecule has 3 aromatic carbocycles. The maximum atomic E-state index is 13.5. The topological polar surface area (TPSA) is 274 Å². The molecule has 16 nitrogen and oxygen atoms in total.